The molecule has 12 nitrogen and oxygen atoms in total. The number of carbonyl (C=O) groups excluding carboxylic acids is 3. The summed E-state index contributed by atoms with van der Waals surface area (Å²) in [5, 5.41) is 31.8. The van der Waals surface area contributed by atoms with Gasteiger partial charge >= 0.3 is 5.97 Å². The van der Waals surface area contributed by atoms with Gasteiger partial charge in [-0.25, -0.2) is 0 Å². The fourth-order valence-electron chi connectivity index (χ4n) is 3.55. The maximum absolute atomic E-state index is 12.7. The molecule has 0 bridgehead atoms. The third-order valence-electron chi connectivity index (χ3n) is 5.27. The van der Waals surface area contributed by atoms with Crippen LogP contribution in [-0.4, -0.2) is 49.3 Å². The number of amides is 2. The number of nitrogens with zero attached hydrogens (tertiary/aromatic N) is 4. The number of aromatic nitrogens is 4. The van der Waals surface area contributed by atoms with E-state index in [0.717, 1.165) is 41.8 Å². The van der Waals surface area contributed by atoms with Crippen molar-refractivity contribution in [3.05, 3.63) is 81.8 Å². The van der Waals surface area contributed by atoms with Crippen LogP contribution in [0.25, 0.3) is 0 Å². The van der Waals surface area contributed by atoms with Crippen molar-refractivity contribution in [2.45, 2.75) is 65.9 Å². The van der Waals surface area contributed by atoms with Crippen LogP contribution >= 0.6 is 22.7 Å². The number of carboxylic acid groups (broad SMARTS) is 1. The van der Waals surface area contributed by atoms with E-state index in [1.54, 1.807) is 24.3 Å². The Morgan fingerprint density at radius 3 is 1.75 bits per heavy atom. The van der Waals surface area contributed by atoms with E-state index in [0.29, 0.717) is 22.2 Å². The molecule has 44 heavy (non-hydrogen) atoms. The molecule has 4 aromatic rings. The Bertz CT molecular complexity index is 1460. The highest BCUT2D eigenvalue weighted by Gasteiger charge is 2.25. The topological polar surface area (TPSA) is 173 Å². The molecular weight excluding hydrogens is 605 g/mol. The number of aryl methyl sites for hydroxylation is 2. The second kappa shape index (κ2) is 19.6. The summed E-state index contributed by atoms with van der Waals surface area (Å²) in [6.07, 6.45) is 2.35. The smallest absolute Gasteiger partial charge is 0.303 e. The van der Waals surface area contributed by atoms with Gasteiger partial charge in [-0.3, -0.25) is 24.5 Å². The van der Waals surface area contributed by atoms with E-state index in [4.69, 9.17) is 14.6 Å². The van der Waals surface area contributed by atoms with Crippen LogP contribution in [0.5, 0.6) is 0 Å². The third kappa shape index (κ3) is 13.6. The first-order chi connectivity index (χ1) is 21.2. The molecule has 0 saturated heterocycles. The molecule has 14 heteroatoms. The standard InChI is InChI=1S/C26H26N6O4S2.C2H4O2.C2H6/c1-17(33)36-23(19-12-6-3-7-13-19)24(35)28-26-32-30-22(38-26)15-9-8-14-21-29-31-25(37-21)27-20(34)16-18-10-4-2-5-11-18;1-2(3)4;1-2/h2-7,10-13,23H,8-9,14-16H2,1H3,(H,27,31,34)(H,28,32,35);1H3,(H,3,4);1-2H3. The van der Waals surface area contributed by atoms with E-state index in [2.05, 4.69) is 31.0 Å². The molecule has 1 atom stereocenters. The predicted octanol–water partition coefficient (Wildman–Crippen LogP) is 5.50. The Kier molecular flexibility index (Phi) is 15.9. The molecule has 0 fully saturated rings. The maximum atomic E-state index is 12.7. The SMILES string of the molecule is CC.CC(=O)O.CC(=O)OC(C(=O)Nc1nnc(CCCCc2nnc(NC(=O)Cc3ccccc3)s2)s1)c1ccccc1. The van der Waals surface area contributed by atoms with Gasteiger partial charge in [0.25, 0.3) is 11.9 Å². The minimum atomic E-state index is -1.07. The number of nitrogens with one attached hydrogen (secondary N) is 2. The molecule has 3 N–H and O–H groups in total. The van der Waals surface area contributed by atoms with Gasteiger partial charge in [-0.2, -0.15) is 0 Å². The van der Waals surface area contributed by atoms with E-state index >= 15 is 0 Å². The lowest BCUT2D eigenvalue weighted by atomic mass is 10.1. The van der Waals surface area contributed by atoms with Gasteiger partial charge in [-0.15, -0.1) is 20.4 Å². The van der Waals surface area contributed by atoms with Gasteiger partial charge in [-0.1, -0.05) is 97.2 Å². The molecule has 234 valence electrons. The number of carboxylic acids is 1. The number of hydrogen-bond acceptors (Lipinski definition) is 11. The van der Waals surface area contributed by atoms with Crippen LogP contribution in [0.1, 0.15) is 67.8 Å². The number of aliphatic carboxylic acids is 1. The molecule has 2 aromatic heterocycles. The molecule has 2 aromatic carbocycles. The molecule has 0 spiro atoms. The second-order valence-electron chi connectivity index (χ2n) is 8.83. The third-order valence-corrected chi connectivity index (χ3v) is 7.07. The summed E-state index contributed by atoms with van der Waals surface area (Å²) in [6.45, 7) is 6.34. The largest absolute Gasteiger partial charge is 0.481 e. The van der Waals surface area contributed by atoms with Crippen LogP contribution in [0.3, 0.4) is 0 Å². The van der Waals surface area contributed by atoms with Crippen molar-refractivity contribution in [1.29, 1.82) is 0 Å². The van der Waals surface area contributed by atoms with Crippen LogP contribution in [0.15, 0.2) is 60.7 Å². The van der Waals surface area contributed by atoms with Crippen molar-refractivity contribution >= 4 is 56.7 Å². The number of ether oxygens (including phenoxy) is 1. The van der Waals surface area contributed by atoms with Crippen molar-refractivity contribution in [2.24, 2.45) is 0 Å². The Labute approximate surface area is 263 Å². The molecule has 0 aliphatic carbocycles. The van der Waals surface area contributed by atoms with E-state index < -0.39 is 23.9 Å². The first-order valence-electron chi connectivity index (χ1n) is 13.9. The molecule has 0 saturated carbocycles. The van der Waals surface area contributed by atoms with E-state index in [9.17, 15) is 14.4 Å². The Hall–Kier alpha value is -4.56. The van der Waals surface area contributed by atoms with Crippen LogP contribution in [-0.2, 0) is 43.2 Å². The molecule has 2 amide bonds. The van der Waals surface area contributed by atoms with Crippen LogP contribution < -0.4 is 10.6 Å². The minimum Gasteiger partial charge on any atom is -0.481 e. The molecule has 2 heterocycles. The summed E-state index contributed by atoms with van der Waals surface area (Å²) in [6, 6.07) is 18.3. The highest BCUT2D eigenvalue weighted by molar-refractivity contribution is 7.15. The summed E-state index contributed by atoms with van der Waals surface area (Å²) in [5.41, 5.74) is 1.51. The summed E-state index contributed by atoms with van der Waals surface area (Å²) >= 11 is 2.65. The maximum Gasteiger partial charge on any atom is 0.303 e. The molecular formula is C30H36N6O6S2. The van der Waals surface area contributed by atoms with Gasteiger partial charge in [-0.05, 0) is 18.4 Å². The molecule has 1 unspecified atom stereocenters. The predicted molar refractivity (Wildman–Crippen MR) is 169 cm³/mol. The quantitative estimate of drug-likeness (QED) is 0.133. The highest BCUT2D eigenvalue weighted by Crippen LogP contribution is 2.23. The van der Waals surface area contributed by atoms with Gasteiger partial charge in [0.05, 0.1) is 6.42 Å². The van der Waals surface area contributed by atoms with E-state index in [-0.39, 0.29) is 12.3 Å². The average Bonchev–Trinajstić information content (AvgIpc) is 3.64. The fraction of sp³-hybridized carbons (Fsp3) is 0.333. The Morgan fingerprint density at radius 1 is 0.773 bits per heavy atom. The number of rotatable bonds is 12. The fourth-order valence-corrected chi connectivity index (χ4v) is 5.13. The lowest BCUT2D eigenvalue weighted by molar-refractivity contribution is -0.152. The Balaban J connectivity index is 0.00000104. The van der Waals surface area contributed by atoms with Crippen molar-refractivity contribution in [3.8, 4) is 0 Å². The first-order valence-corrected chi connectivity index (χ1v) is 15.5. The molecule has 0 aliphatic rings. The monoisotopic (exact) mass is 640 g/mol. The van der Waals surface area contributed by atoms with Crippen molar-refractivity contribution in [1.82, 2.24) is 20.4 Å². The van der Waals surface area contributed by atoms with Crippen LogP contribution in [0, 0.1) is 0 Å². The van der Waals surface area contributed by atoms with E-state index in [1.807, 2.05) is 50.2 Å². The summed E-state index contributed by atoms with van der Waals surface area (Å²) in [5.74, 6) is -2.00. The van der Waals surface area contributed by atoms with Crippen LogP contribution in [0.2, 0.25) is 0 Å². The lowest BCUT2D eigenvalue weighted by Crippen LogP contribution is -2.25. The van der Waals surface area contributed by atoms with Crippen molar-refractivity contribution in [3.63, 3.8) is 0 Å². The Morgan fingerprint density at radius 2 is 1.25 bits per heavy atom. The second-order valence-corrected chi connectivity index (χ2v) is 11.0. The summed E-state index contributed by atoms with van der Waals surface area (Å²) in [4.78, 5) is 45.4. The molecule has 4 rings (SSSR count). The molecule has 0 radical (unpaired) electrons. The van der Waals surface area contributed by atoms with Gasteiger partial charge in [0.15, 0.2) is 0 Å². The number of unbranched alkanes of at least 4 members (excludes halogenated alkanes) is 1. The van der Waals surface area contributed by atoms with Crippen molar-refractivity contribution in [2.75, 3.05) is 10.6 Å². The van der Waals surface area contributed by atoms with Gasteiger partial charge in [0.2, 0.25) is 22.3 Å². The molecule has 0 aliphatic heterocycles. The summed E-state index contributed by atoms with van der Waals surface area (Å²) < 4.78 is 5.22. The van der Waals surface area contributed by atoms with Gasteiger partial charge in [0.1, 0.15) is 10.0 Å². The number of carbonyl (C=O) groups is 4. The van der Waals surface area contributed by atoms with E-state index in [1.165, 1.54) is 29.6 Å². The first kappa shape index (κ1) is 35.6. The minimum absolute atomic E-state index is 0.124. The number of benzene rings is 2. The van der Waals surface area contributed by atoms with Crippen molar-refractivity contribution < 1.29 is 29.0 Å². The zero-order chi connectivity index (χ0) is 32.3. The number of esters is 1. The highest BCUT2D eigenvalue weighted by atomic mass is 32.1. The zero-order valence-corrected chi connectivity index (χ0v) is 26.6. The van der Waals surface area contributed by atoms with Gasteiger partial charge < -0.3 is 15.2 Å². The van der Waals surface area contributed by atoms with Gasteiger partial charge in [0, 0.05) is 32.3 Å². The summed E-state index contributed by atoms with van der Waals surface area (Å²) in [7, 11) is 0. The normalized spacial score (nSPS) is 10.6. The zero-order valence-electron chi connectivity index (χ0n) is 25.0. The lowest BCUT2D eigenvalue weighted by Gasteiger charge is -2.15. The number of anilines is 2. The number of hydrogen-bond donors (Lipinski definition) is 3. The van der Waals surface area contributed by atoms with Crippen LogP contribution in [0.4, 0.5) is 10.3 Å². The average molecular weight is 641 g/mol.